The van der Waals surface area contributed by atoms with E-state index in [1.807, 2.05) is 20.8 Å². The minimum absolute atomic E-state index is 0.0998. The molecule has 19 atom stereocenters. The van der Waals surface area contributed by atoms with Gasteiger partial charge in [-0.3, -0.25) is 4.79 Å². The standard InChI is InChI=1S/C34H58O16/c1-15-30(37)21(38-6)12-27(43-15)49-34-19(5)45-28(13-23(34)40-8)47-31-16(2)44-26(10-20(31)35)48-33-18(4)46-29(14-24(33)41-9)50-32-17(3)42-25(36)11-22(32)39-7/h15-24,26-35,37H,10-14H2,1-9H3/t15-,16-,17-,18-,19-,20-,21-,22-,23+,24+,26+,27+,28+,29+,30-,31-,32-,33-,34-/m1/s1. The molecule has 0 bridgehead atoms. The molecule has 0 aliphatic carbocycles. The van der Waals surface area contributed by atoms with Gasteiger partial charge in [0.1, 0.15) is 36.6 Å². The molecule has 0 saturated carbocycles. The third-order valence-electron chi connectivity index (χ3n) is 10.5. The zero-order valence-corrected chi connectivity index (χ0v) is 30.6. The van der Waals surface area contributed by atoms with Crippen molar-refractivity contribution in [2.24, 2.45) is 0 Å². The fraction of sp³-hybridized carbons (Fsp3) is 0.971. The summed E-state index contributed by atoms with van der Waals surface area (Å²) in [5.74, 6) is -0.329. The van der Waals surface area contributed by atoms with E-state index >= 15 is 0 Å². The van der Waals surface area contributed by atoms with E-state index in [1.54, 1.807) is 35.2 Å². The summed E-state index contributed by atoms with van der Waals surface area (Å²) in [7, 11) is 6.29. The molecule has 0 spiro atoms. The number of hydrogen-bond acceptors (Lipinski definition) is 16. The molecule has 0 radical (unpaired) electrons. The molecule has 50 heavy (non-hydrogen) atoms. The molecule has 5 rings (SSSR count). The molecule has 5 fully saturated rings. The van der Waals surface area contributed by atoms with Crippen LogP contribution in [0.25, 0.3) is 0 Å². The maximum atomic E-state index is 11.9. The second kappa shape index (κ2) is 17.8. The fourth-order valence-corrected chi connectivity index (χ4v) is 7.69. The van der Waals surface area contributed by atoms with E-state index in [1.165, 1.54) is 7.11 Å². The maximum Gasteiger partial charge on any atom is 0.308 e. The molecule has 16 heteroatoms. The third-order valence-corrected chi connectivity index (χ3v) is 10.5. The Morgan fingerprint density at radius 3 is 1.34 bits per heavy atom. The summed E-state index contributed by atoms with van der Waals surface area (Å²) in [6, 6.07) is 0. The second-order valence-corrected chi connectivity index (χ2v) is 14.0. The molecule has 16 nitrogen and oxygen atoms in total. The zero-order chi connectivity index (χ0) is 36.3. The van der Waals surface area contributed by atoms with Crippen LogP contribution in [0.3, 0.4) is 0 Å². The van der Waals surface area contributed by atoms with Gasteiger partial charge in [-0.25, -0.2) is 0 Å². The summed E-state index contributed by atoms with van der Waals surface area (Å²) in [5, 5.41) is 21.6. The molecule has 0 aromatic carbocycles. The lowest BCUT2D eigenvalue weighted by atomic mass is 9.98. The van der Waals surface area contributed by atoms with Crippen LogP contribution in [0.5, 0.6) is 0 Å². The Bertz CT molecular complexity index is 1060. The average Bonchev–Trinajstić information content (AvgIpc) is 3.07. The predicted molar refractivity (Wildman–Crippen MR) is 171 cm³/mol. The first-order chi connectivity index (χ1) is 23.8. The molecule has 0 aromatic rings. The molecule has 5 aliphatic rings. The van der Waals surface area contributed by atoms with E-state index in [-0.39, 0.29) is 24.9 Å². The number of aliphatic hydroxyl groups is 2. The van der Waals surface area contributed by atoms with Gasteiger partial charge in [0.15, 0.2) is 25.2 Å². The average molecular weight is 723 g/mol. The maximum absolute atomic E-state index is 11.9. The number of carbonyl (C=O) groups is 1. The molecule has 290 valence electrons. The van der Waals surface area contributed by atoms with E-state index in [9.17, 15) is 15.0 Å². The van der Waals surface area contributed by atoms with Gasteiger partial charge in [-0.15, -0.1) is 0 Å². The fourth-order valence-electron chi connectivity index (χ4n) is 7.69. The van der Waals surface area contributed by atoms with Gasteiger partial charge in [0.2, 0.25) is 0 Å². The van der Waals surface area contributed by atoms with E-state index < -0.39 is 111 Å². The number of cyclic esters (lactones) is 1. The molecule has 5 aliphatic heterocycles. The quantitative estimate of drug-likeness (QED) is 0.274. The van der Waals surface area contributed by atoms with Crippen LogP contribution in [0.2, 0.25) is 0 Å². The highest BCUT2D eigenvalue weighted by atomic mass is 16.8. The summed E-state index contributed by atoms with van der Waals surface area (Å²) in [4.78, 5) is 11.9. The van der Waals surface area contributed by atoms with Crippen LogP contribution in [0.4, 0.5) is 0 Å². The molecule has 0 amide bonds. The van der Waals surface area contributed by atoms with E-state index in [0.29, 0.717) is 19.3 Å². The van der Waals surface area contributed by atoms with Gasteiger partial charge in [-0.1, -0.05) is 0 Å². The van der Waals surface area contributed by atoms with Crippen molar-refractivity contribution in [2.45, 2.75) is 183 Å². The van der Waals surface area contributed by atoms with Crippen molar-refractivity contribution in [3.05, 3.63) is 0 Å². The van der Waals surface area contributed by atoms with Crippen molar-refractivity contribution in [2.75, 3.05) is 28.4 Å². The van der Waals surface area contributed by atoms with Gasteiger partial charge < -0.3 is 71.8 Å². The van der Waals surface area contributed by atoms with Crippen molar-refractivity contribution in [1.82, 2.24) is 0 Å². The largest absolute Gasteiger partial charge is 0.460 e. The minimum atomic E-state index is -0.912. The number of hydrogen-bond donors (Lipinski definition) is 2. The Morgan fingerprint density at radius 1 is 0.500 bits per heavy atom. The Morgan fingerprint density at radius 2 is 0.880 bits per heavy atom. The Kier molecular flexibility index (Phi) is 14.3. The Hall–Kier alpha value is -1.09. The molecule has 0 unspecified atom stereocenters. The number of aliphatic hydroxyl groups excluding tert-OH is 2. The topological polar surface area (TPSA) is 178 Å². The lowest BCUT2D eigenvalue weighted by Gasteiger charge is -2.46. The summed E-state index contributed by atoms with van der Waals surface area (Å²) < 4.78 is 77.7. The summed E-state index contributed by atoms with van der Waals surface area (Å²) in [5.41, 5.74) is 0. The van der Waals surface area contributed by atoms with Crippen molar-refractivity contribution >= 4 is 5.97 Å². The Balaban J connectivity index is 1.12. The summed E-state index contributed by atoms with van der Waals surface area (Å²) in [6.07, 6.45) is -9.18. The van der Waals surface area contributed by atoms with Crippen LogP contribution >= 0.6 is 0 Å². The second-order valence-electron chi connectivity index (χ2n) is 14.0. The number of esters is 1. The van der Waals surface area contributed by atoms with Crippen molar-refractivity contribution in [3.63, 3.8) is 0 Å². The number of carbonyl (C=O) groups excluding carboxylic acids is 1. The van der Waals surface area contributed by atoms with Gasteiger partial charge in [-0.05, 0) is 34.6 Å². The van der Waals surface area contributed by atoms with Crippen molar-refractivity contribution < 1.29 is 76.6 Å². The molecule has 5 heterocycles. The smallest absolute Gasteiger partial charge is 0.308 e. The van der Waals surface area contributed by atoms with Crippen LogP contribution in [0.1, 0.15) is 66.7 Å². The predicted octanol–water partition coefficient (Wildman–Crippen LogP) is 1.18. The van der Waals surface area contributed by atoms with E-state index in [4.69, 9.17) is 61.6 Å². The lowest BCUT2D eigenvalue weighted by Crippen LogP contribution is -2.58. The molecule has 0 aromatic heterocycles. The Labute approximate surface area is 294 Å². The molecular formula is C34H58O16. The minimum Gasteiger partial charge on any atom is -0.460 e. The van der Waals surface area contributed by atoms with Gasteiger partial charge in [0.05, 0.1) is 61.4 Å². The summed E-state index contributed by atoms with van der Waals surface area (Å²) in [6.45, 7) is 9.10. The van der Waals surface area contributed by atoms with Gasteiger partial charge in [-0.2, -0.15) is 0 Å². The first kappa shape index (κ1) is 40.1. The first-order valence-electron chi connectivity index (χ1n) is 17.8. The molecule has 2 N–H and O–H groups in total. The third kappa shape index (κ3) is 9.34. The van der Waals surface area contributed by atoms with Gasteiger partial charge >= 0.3 is 5.97 Å². The lowest BCUT2D eigenvalue weighted by molar-refractivity contribution is -0.347. The van der Waals surface area contributed by atoms with Crippen LogP contribution in [0, 0.1) is 0 Å². The van der Waals surface area contributed by atoms with Crippen LogP contribution < -0.4 is 0 Å². The van der Waals surface area contributed by atoms with Gasteiger partial charge in [0, 0.05) is 54.1 Å². The number of methoxy groups -OCH3 is 4. The highest BCUT2D eigenvalue weighted by molar-refractivity contribution is 5.71. The number of rotatable bonds is 12. The highest BCUT2D eigenvalue weighted by Gasteiger charge is 2.48. The molecular weight excluding hydrogens is 664 g/mol. The van der Waals surface area contributed by atoms with Crippen LogP contribution in [0.15, 0.2) is 0 Å². The van der Waals surface area contributed by atoms with Crippen LogP contribution in [-0.4, -0.2) is 161 Å². The monoisotopic (exact) mass is 722 g/mol. The highest BCUT2D eigenvalue weighted by Crippen LogP contribution is 2.35. The van der Waals surface area contributed by atoms with Crippen molar-refractivity contribution in [1.29, 1.82) is 0 Å². The van der Waals surface area contributed by atoms with Crippen molar-refractivity contribution in [3.8, 4) is 0 Å². The van der Waals surface area contributed by atoms with Gasteiger partial charge in [0.25, 0.3) is 0 Å². The zero-order valence-electron chi connectivity index (χ0n) is 30.6. The van der Waals surface area contributed by atoms with Crippen LogP contribution in [-0.2, 0) is 66.4 Å². The first-order valence-corrected chi connectivity index (χ1v) is 17.8. The van der Waals surface area contributed by atoms with E-state index in [2.05, 4.69) is 0 Å². The van der Waals surface area contributed by atoms with E-state index in [0.717, 1.165) is 0 Å². The SMILES string of the molecule is CO[C@H]1C[C@H](O[C@@H]2[C@@H](C)OC(=O)C[C@H]2OC)O[C@H](C)[C@H]1O[C@H]1C[C@@H](O)[C@H](O[C@H]2C[C@H](OC)[C@H](O[C@H]3C[C@@H](OC)[C@H](O)[C@@H](C)O3)[C@@H](C)O2)[C@@H](C)O1. The summed E-state index contributed by atoms with van der Waals surface area (Å²) >= 11 is 0. The number of ether oxygens (including phenoxy) is 13. The normalized spacial score (nSPS) is 49.0. The molecule has 5 saturated heterocycles.